The van der Waals surface area contributed by atoms with Gasteiger partial charge < -0.3 is 5.11 Å². The summed E-state index contributed by atoms with van der Waals surface area (Å²) in [6, 6.07) is 7.71. The van der Waals surface area contributed by atoms with E-state index in [4.69, 9.17) is 0 Å². The highest BCUT2D eigenvalue weighted by atomic mass is 19.4. The normalized spacial score (nSPS) is 25.7. The summed E-state index contributed by atoms with van der Waals surface area (Å²) in [6.07, 6.45) is -4.86. The molecule has 1 unspecified atom stereocenters. The van der Waals surface area contributed by atoms with E-state index >= 15 is 0 Å². The number of halogens is 3. The fraction of sp³-hybridized carbons (Fsp3) is 0.333. The van der Waals surface area contributed by atoms with Crippen LogP contribution in [0.3, 0.4) is 0 Å². The molecule has 1 aliphatic heterocycles. The first-order valence-corrected chi connectivity index (χ1v) is 6.74. The number of alkyl halides is 3. The number of carbonyl (C=O) groups is 2. The monoisotopic (exact) mass is 311 g/mol. The lowest BCUT2D eigenvalue weighted by atomic mass is 9.85. The Kier molecular flexibility index (Phi) is 3.14. The molecular weight excluding hydrogens is 299 g/mol. The van der Waals surface area contributed by atoms with Crippen LogP contribution < -0.4 is 4.90 Å². The summed E-state index contributed by atoms with van der Waals surface area (Å²) in [5.41, 5.74) is -4.42. The number of ketones is 1. The van der Waals surface area contributed by atoms with E-state index in [-0.39, 0.29) is 24.2 Å². The lowest BCUT2D eigenvalue weighted by Gasteiger charge is -2.27. The first-order chi connectivity index (χ1) is 10.3. The van der Waals surface area contributed by atoms with Crippen LogP contribution in [0.4, 0.5) is 18.9 Å². The largest absolute Gasteiger partial charge is 0.430 e. The molecule has 0 radical (unpaired) electrons. The van der Waals surface area contributed by atoms with Gasteiger partial charge in [-0.1, -0.05) is 18.2 Å². The SMILES string of the molecule is O=C1CCCC2=C1C(O)(C(F)(F)F)C(=O)N2c1ccccc1. The Morgan fingerprint density at radius 3 is 2.32 bits per heavy atom. The Bertz CT molecular complexity index is 681. The van der Waals surface area contributed by atoms with E-state index < -0.39 is 29.0 Å². The lowest BCUT2D eigenvalue weighted by molar-refractivity contribution is -0.234. The maximum absolute atomic E-state index is 13.3. The lowest BCUT2D eigenvalue weighted by Crippen LogP contribution is -2.55. The number of hydrogen-bond donors (Lipinski definition) is 1. The van der Waals surface area contributed by atoms with Gasteiger partial charge in [-0.05, 0) is 25.0 Å². The maximum atomic E-state index is 13.3. The summed E-state index contributed by atoms with van der Waals surface area (Å²) < 4.78 is 40.0. The quantitative estimate of drug-likeness (QED) is 0.866. The summed E-state index contributed by atoms with van der Waals surface area (Å²) >= 11 is 0. The predicted molar refractivity (Wildman–Crippen MR) is 70.8 cm³/mol. The first-order valence-electron chi connectivity index (χ1n) is 6.74. The summed E-state index contributed by atoms with van der Waals surface area (Å²) in [6.45, 7) is 0. The molecule has 1 N–H and O–H groups in total. The van der Waals surface area contributed by atoms with E-state index in [1.807, 2.05) is 0 Å². The van der Waals surface area contributed by atoms with Crippen LogP contribution in [-0.4, -0.2) is 28.6 Å². The highest BCUT2D eigenvalue weighted by molar-refractivity contribution is 6.18. The number of rotatable bonds is 1. The summed E-state index contributed by atoms with van der Waals surface area (Å²) in [5.74, 6) is -2.36. The van der Waals surface area contributed by atoms with Gasteiger partial charge in [-0.15, -0.1) is 0 Å². The number of carbonyl (C=O) groups excluding carboxylic acids is 2. The van der Waals surface area contributed by atoms with Crippen molar-refractivity contribution in [2.45, 2.75) is 31.0 Å². The van der Waals surface area contributed by atoms with Gasteiger partial charge in [0.05, 0.1) is 5.57 Å². The standard InChI is InChI=1S/C15H12F3NO3/c16-15(17,18)14(22)12-10(7-4-8-11(12)20)19(13(14)21)9-5-2-1-3-6-9/h1-3,5-6,22H,4,7-8H2. The summed E-state index contributed by atoms with van der Waals surface area (Å²) in [4.78, 5) is 25.1. The topological polar surface area (TPSA) is 57.6 Å². The molecule has 0 aromatic heterocycles. The minimum absolute atomic E-state index is 0.0488. The van der Waals surface area contributed by atoms with Crippen molar-refractivity contribution in [1.29, 1.82) is 0 Å². The zero-order chi connectivity index (χ0) is 16.1. The second-order valence-electron chi connectivity index (χ2n) is 5.28. The Balaban J connectivity index is 2.23. The number of anilines is 1. The molecule has 3 rings (SSSR count). The summed E-state index contributed by atoms with van der Waals surface area (Å²) in [5, 5.41) is 10.1. The van der Waals surface area contributed by atoms with Gasteiger partial charge in [0.15, 0.2) is 5.78 Å². The molecule has 1 aromatic rings. The molecule has 7 heteroatoms. The third kappa shape index (κ3) is 1.81. The van der Waals surface area contributed by atoms with Crippen LogP contribution in [0.25, 0.3) is 0 Å². The molecule has 0 saturated carbocycles. The van der Waals surface area contributed by atoms with Crippen LogP contribution >= 0.6 is 0 Å². The molecule has 1 heterocycles. The van der Waals surface area contributed by atoms with Crippen molar-refractivity contribution in [2.75, 3.05) is 4.90 Å². The highest BCUT2D eigenvalue weighted by Gasteiger charge is 2.69. The van der Waals surface area contributed by atoms with Gasteiger partial charge in [-0.25, -0.2) is 0 Å². The van der Waals surface area contributed by atoms with E-state index in [1.54, 1.807) is 18.2 Å². The fourth-order valence-corrected chi connectivity index (χ4v) is 2.97. The van der Waals surface area contributed by atoms with Gasteiger partial charge in [-0.2, -0.15) is 13.2 Å². The highest BCUT2D eigenvalue weighted by Crippen LogP contribution is 2.49. The van der Waals surface area contributed by atoms with Crippen LogP contribution in [0.1, 0.15) is 19.3 Å². The number of aliphatic hydroxyl groups is 1. The van der Waals surface area contributed by atoms with Crippen molar-refractivity contribution in [3.63, 3.8) is 0 Å². The van der Waals surface area contributed by atoms with Gasteiger partial charge >= 0.3 is 6.18 Å². The maximum Gasteiger partial charge on any atom is 0.430 e. The number of Topliss-reactive ketones (excluding diaryl/α,β-unsaturated/α-hetero) is 1. The number of benzene rings is 1. The van der Waals surface area contributed by atoms with E-state index in [9.17, 15) is 27.9 Å². The van der Waals surface area contributed by atoms with Crippen molar-refractivity contribution in [1.82, 2.24) is 0 Å². The first kappa shape index (κ1) is 14.8. The fourth-order valence-electron chi connectivity index (χ4n) is 2.97. The summed E-state index contributed by atoms with van der Waals surface area (Å²) in [7, 11) is 0. The zero-order valence-corrected chi connectivity index (χ0v) is 11.4. The molecule has 22 heavy (non-hydrogen) atoms. The minimum Gasteiger partial charge on any atom is -0.368 e. The molecule has 4 nitrogen and oxygen atoms in total. The zero-order valence-electron chi connectivity index (χ0n) is 11.4. The predicted octanol–water partition coefficient (Wildman–Crippen LogP) is 2.33. The minimum atomic E-state index is -5.25. The molecule has 0 spiro atoms. The van der Waals surface area contributed by atoms with Gasteiger partial charge in [0, 0.05) is 17.8 Å². The van der Waals surface area contributed by atoms with Crippen molar-refractivity contribution in [2.24, 2.45) is 0 Å². The third-order valence-electron chi connectivity index (χ3n) is 3.95. The van der Waals surface area contributed by atoms with Crippen LogP contribution in [0, 0.1) is 0 Å². The molecule has 1 amide bonds. The molecule has 0 bridgehead atoms. The van der Waals surface area contributed by atoms with Crippen molar-refractivity contribution < 1.29 is 27.9 Å². The van der Waals surface area contributed by atoms with Crippen molar-refractivity contribution in [3.8, 4) is 0 Å². The number of nitrogens with zero attached hydrogens (tertiary/aromatic N) is 1. The molecule has 0 saturated heterocycles. The molecule has 1 atom stereocenters. The molecule has 0 fully saturated rings. The molecular formula is C15H12F3NO3. The molecule has 1 aliphatic carbocycles. The molecule has 116 valence electrons. The second-order valence-corrected chi connectivity index (χ2v) is 5.28. The van der Waals surface area contributed by atoms with Gasteiger partial charge in [-0.3, -0.25) is 14.5 Å². The Labute approximate surface area is 123 Å². The van der Waals surface area contributed by atoms with E-state index in [0.29, 0.717) is 6.42 Å². The Morgan fingerprint density at radius 1 is 1.09 bits per heavy atom. The van der Waals surface area contributed by atoms with Crippen molar-refractivity contribution in [3.05, 3.63) is 41.6 Å². The number of hydrogen-bond acceptors (Lipinski definition) is 3. The van der Waals surface area contributed by atoms with Gasteiger partial charge in [0.25, 0.3) is 11.5 Å². The average Bonchev–Trinajstić information content (AvgIpc) is 2.70. The van der Waals surface area contributed by atoms with Gasteiger partial charge in [0.2, 0.25) is 0 Å². The van der Waals surface area contributed by atoms with E-state index in [0.717, 1.165) is 4.90 Å². The number of allylic oxidation sites excluding steroid dienone is 1. The Hall–Kier alpha value is -2.15. The smallest absolute Gasteiger partial charge is 0.368 e. The van der Waals surface area contributed by atoms with Crippen LogP contribution in [0.2, 0.25) is 0 Å². The third-order valence-corrected chi connectivity index (χ3v) is 3.95. The van der Waals surface area contributed by atoms with E-state index in [2.05, 4.69) is 0 Å². The number of amides is 1. The van der Waals surface area contributed by atoms with Crippen LogP contribution in [0.5, 0.6) is 0 Å². The number of para-hydroxylation sites is 1. The van der Waals surface area contributed by atoms with Gasteiger partial charge in [0.1, 0.15) is 0 Å². The van der Waals surface area contributed by atoms with Crippen LogP contribution in [0.15, 0.2) is 41.6 Å². The average molecular weight is 311 g/mol. The Morgan fingerprint density at radius 2 is 1.73 bits per heavy atom. The van der Waals surface area contributed by atoms with Crippen molar-refractivity contribution >= 4 is 17.4 Å². The van der Waals surface area contributed by atoms with E-state index in [1.165, 1.54) is 12.1 Å². The second kappa shape index (κ2) is 4.67. The van der Waals surface area contributed by atoms with Crippen LogP contribution in [-0.2, 0) is 9.59 Å². The molecule has 2 aliphatic rings. The molecule has 1 aromatic carbocycles.